The van der Waals surface area contributed by atoms with Crippen molar-refractivity contribution >= 4 is 0 Å². The number of nitrogens with one attached hydrogen (secondary N) is 1. The first-order valence-corrected chi connectivity index (χ1v) is 4.36. The highest BCUT2D eigenvalue weighted by molar-refractivity contribution is 5.10. The van der Waals surface area contributed by atoms with E-state index >= 15 is 0 Å². The van der Waals surface area contributed by atoms with Gasteiger partial charge in [0.15, 0.2) is 0 Å². The molecule has 1 N–H and O–H groups in total. The van der Waals surface area contributed by atoms with Gasteiger partial charge in [-0.2, -0.15) is 5.26 Å². The molecule has 1 fully saturated rings. The summed E-state index contributed by atoms with van der Waals surface area (Å²) in [5, 5.41) is 12.0. The molecule has 0 spiro atoms. The Labute approximate surface area is 68.6 Å². The highest BCUT2D eigenvalue weighted by atomic mass is 14.9. The molecular formula is C9H16N2. The predicted octanol–water partition coefficient (Wildman–Crippen LogP) is 1.68. The van der Waals surface area contributed by atoms with Gasteiger partial charge in [-0.25, -0.2) is 0 Å². The second-order valence-corrected chi connectivity index (χ2v) is 3.46. The van der Waals surface area contributed by atoms with E-state index in [1.807, 2.05) is 7.05 Å². The summed E-state index contributed by atoms with van der Waals surface area (Å²) in [6, 6.07) is 2.38. The van der Waals surface area contributed by atoms with Gasteiger partial charge in [0.1, 0.15) is 5.54 Å². The van der Waals surface area contributed by atoms with Crippen LogP contribution < -0.4 is 5.32 Å². The summed E-state index contributed by atoms with van der Waals surface area (Å²) in [5.74, 6) is 0.766. The third kappa shape index (κ3) is 1.54. The van der Waals surface area contributed by atoms with Crippen LogP contribution in [-0.2, 0) is 0 Å². The van der Waals surface area contributed by atoms with Gasteiger partial charge in [-0.15, -0.1) is 0 Å². The normalized spacial score (nSPS) is 37.0. The fraction of sp³-hybridized carbons (Fsp3) is 0.889. The largest absolute Gasteiger partial charge is 0.302 e. The molecule has 0 heterocycles. The number of hydrogen-bond acceptors (Lipinski definition) is 2. The summed E-state index contributed by atoms with van der Waals surface area (Å²) in [6.07, 6.45) is 4.49. The van der Waals surface area contributed by atoms with Gasteiger partial charge >= 0.3 is 0 Å². The molecular weight excluding hydrogens is 136 g/mol. The van der Waals surface area contributed by atoms with Crippen LogP contribution in [0.1, 0.15) is 32.6 Å². The van der Waals surface area contributed by atoms with E-state index in [0.717, 1.165) is 18.8 Å². The standard InChI is InChI=1S/C9H16N2/c1-3-8-4-5-9(6-8,7-10)11-2/h8,11H,3-6H2,1-2H3. The highest BCUT2D eigenvalue weighted by Crippen LogP contribution is 2.35. The molecule has 1 aliphatic rings. The second kappa shape index (κ2) is 3.23. The van der Waals surface area contributed by atoms with Crippen molar-refractivity contribution in [2.24, 2.45) is 5.92 Å². The van der Waals surface area contributed by atoms with E-state index in [9.17, 15) is 0 Å². The lowest BCUT2D eigenvalue weighted by Gasteiger charge is -2.19. The summed E-state index contributed by atoms with van der Waals surface area (Å²) in [7, 11) is 1.89. The molecule has 0 aromatic carbocycles. The van der Waals surface area contributed by atoms with Gasteiger partial charge in [0, 0.05) is 0 Å². The maximum atomic E-state index is 8.92. The fourth-order valence-corrected chi connectivity index (χ4v) is 1.88. The van der Waals surface area contributed by atoms with Crippen LogP contribution in [-0.4, -0.2) is 12.6 Å². The van der Waals surface area contributed by atoms with E-state index in [-0.39, 0.29) is 5.54 Å². The zero-order chi connectivity index (χ0) is 8.32. The van der Waals surface area contributed by atoms with E-state index < -0.39 is 0 Å². The highest BCUT2D eigenvalue weighted by Gasteiger charge is 2.36. The van der Waals surface area contributed by atoms with Crippen LogP contribution in [0.25, 0.3) is 0 Å². The van der Waals surface area contributed by atoms with Crippen LogP contribution in [0.2, 0.25) is 0 Å². The lowest BCUT2D eigenvalue weighted by Crippen LogP contribution is -2.38. The minimum atomic E-state index is -0.194. The Morgan fingerprint density at radius 3 is 2.73 bits per heavy atom. The second-order valence-electron chi connectivity index (χ2n) is 3.46. The third-order valence-electron chi connectivity index (χ3n) is 2.89. The molecule has 2 heteroatoms. The summed E-state index contributed by atoms with van der Waals surface area (Å²) < 4.78 is 0. The molecule has 1 rings (SSSR count). The first kappa shape index (κ1) is 8.55. The molecule has 2 unspecified atom stereocenters. The average molecular weight is 152 g/mol. The van der Waals surface area contributed by atoms with Crippen LogP contribution >= 0.6 is 0 Å². The van der Waals surface area contributed by atoms with Crippen molar-refractivity contribution in [3.8, 4) is 6.07 Å². The Morgan fingerprint density at radius 2 is 2.45 bits per heavy atom. The summed E-state index contributed by atoms with van der Waals surface area (Å²) >= 11 is 0. The van der Waals surface area contributed by atoms with Crippen molar-refractivity contribution in [3.63, 3.8) is 0 Å². The van der Waals surface area contributed by atoms with Gasteiger partial charge in [0.2, 0.25) is 0 Å². The molecule has 0 aromatic heterocycles. The molecule has 0 aliphatic heterocycles. The molecule has 0 bridgehead atoms. The Kier molecular flexibility index (Phi) is 2.51. The van der Waals surface area contributed by atoms with Crippen LogP contribution in [0, 0.1) is 17.2 Å². The van der Waals surface area contributed by atoms with E-state index in [4.69, 9.17) is 5.26 Å². The first-order valence-electron chi connectivity index (χ1n) is 4.36. The minimum Gasteiger partial charge on any atom is -0.302 e. The van der Waals surface area contributed by atoms with E-state index in [1.54, 1.807) is 0 Å². The third-order valence-corrected chi connectivity index (χ3v) is 2.89. The van der Waals surface area contributed by atoms with E-state index in [0.29, 0.717) is 0 Å². The Balaban J connectivity index is 2.57. The van der Waals surface area contributed by atoms with Crippen molar-refractivity contribution in [2.45, 2.75) is 38.1 Å². The van der Waals surface area contributed by atoms with Crippen molar-refractivity contribution in [1.82, 2.24) is 5.32 Å². The Bertz CT molecular complexity index is 171. The monoisotopic (exact) mass is 152 g/mol. The zero-order valence-corrected chi connectivity index (χ0v) is 7.35. The smallest absolute Gasteiger partial charge is 0.106 e. The molecule has 0 saturated heterocycles. The van der Waals surface area contributed by atoms with E-state index in [1.165, 1.54) is 12.8 Å². The molecule has 1 saturated carbocycles. The van der Waals surface area contributed by atoms with Crippen molar-refractivity contribution in [3.05, 3.63) is 0 Å². The fourth-order valence-electron chi connectivity index (χ4n) is 1.88. The lowest BCUT2D eigenvalue weighted by molar-refractivity contribution is 0.429. The lowest BCUT2D eigenvalue weighted by atomic mass is 9.97. The Morgan fingerprint density at radius 1 is 1.73 bits per heavy atom. The van der Waals surface area contributed by atoms with Crippen molar-refractivity contribution in [2.75, 3.05) is 7.05 Å². The summed E-state index contributed by atoms with van der Waals surface area (Å²) in [4.78, 5) is 0. The van der Waals surface area contributed by atoms with Crippen LogP contribution in [0.3, 0.4) is 0 Å². The first-order chi connectivity index (χ1) is 5.26. The molecule has 1 aliphatic carbocycles. The topological polar surface area (TPSA) is 35.8 Å². The van der Waals surface area contributed by atoms with Crippen molar-refractivity contribution in [1.29, 1.82) is 5.26 Å². The number of nitriles is 1. The van der Waals surface area contributed by atoms with Gasteiger partial charge < -0.3 is 5.32 Å². The number of rotatable bonds is 2. The summed E-state index contributed by atoms with van der Waals surface area (Å²) in [6.45, 7) is 2.20. The molecule has 2 atom stereocenters. The average Bonchev–Trinajstić information content (AvgIpc) is 2.49. The van der Waals surface area contributed by atoms with E-state index in [2.05, 4.69) is 18.3 Å². The number of hydrogen-bond donors (Lipinski definition) is 1. The molecule has 62 valence electrons. The van der Waals surface area contributed by atoms with Crippen LogP contribution in [0.15, 0.2) is 0 Å². The summed E-state index contributed by atoms with van der Waals surface area (Å²) in [5.41, 5.74) is -0.194. The maximum absolute atomic E-state index is 8.92. The van der Waals surface area contributed by atoms with Crippen molar-refractivity contribution < 1.29 is 0 Å². The maximum Gasteiger partial charge on any atom is 0.106 e. The van der Waals surface area contributed by atoms with Crippen LogP contribution in [0.5, 0.6) is 0 Å². The molecule has 2 nitrogen and oxygen atoms in total. The molecule has 0 amide bonds. The Hall–Kier alpha value is -0.550. The van der Waals surface area contributed by atoms with Gasteiger partial charge in [-0.05, 0) is 32.2 Å². The molecule has 0 aromatic rings. The van der Waals surface area contributed by atoms with Gasteiger partial charge in [0.25, 0.3) is 0 Å². The predicted molar refractivity (Wildman–Crippen MR) is 45.0 cm³/mol. The zero-order valence-electron chi connectivity index (χ0n) is 7.35. The van der Waals surface area contributed by atoms with Crippen LogP contribution in [0.4, 0.5) is 0 Å². The molecule has 0 radical (unpaired) electrons. The van der Waals surface area contributed by atoms with Gasteiger partial charge in [-0.3, -0.25) is 0 Å². The number of nitrogens with zero attached hydrogens (tertiary/aromatic N) is 1. The molecule has 11 heavy (non-hydrogen) atoms. The van der Waals surface area contributed by atoms with Gasteiger partial charge in [-0.1, -0.05) is 13.3 Å². The SMILES string of the molecule is CCC1CCC(C#N)(NC)C1. The minimum absolute atomic E-state index is 0.194. The van der Waals surface area contributed by atoms with Gasteiger partial charge in [0.05, 0.1) is 6.07 Å². The quantitative estimate of drug-likeness (QED) is 0.653.